The van der Waals surface area contributed by atoms with Gasteiger partial charge in [-0.3, -0.25) is 5.84 Å². The maximum atomic E-state index is 12.2. The third-order valence-electron chi connectivity index (χ3n) is 4.18. The van der Waals surface area contributed by atoms with E-state index in [-0.39, 0.29) is 29.9 Å². The van der Waals surface area contributed by atoms with Crippen molar-refractivity contribution in [3.05, 3.63) is 35.8 Å². The van der Waals surface area contributed by atoms with Gasteiger partial charge < -0.3 is 30.8 Å². The van der Waals surface area contributed by atoms with E-state index in [4.69, 9.17) is 16.3 Å². The minimum absolute atomic E-state index is 0.0156. The number of benzene rings is 1. The average molecular weight is 403 g/mol. The van der Waals surface area contributed by atoms with E-state index in [9.17, 15) is 18.0 Å². The van der Waals surface area contributed by atoms with Gasteiger partial charge in [-0.05, 0) is 44.0 Å². The molecule has 28 heavy (non-hydrogen) atoms. The van der Waals surface area contributed by atoms with Crippen LogP contribution in [0, 0.1) is 0 Å². The first-order valence-electron chi connectivity index (χ1n) is 8.74. The molecule has 2 rings (SSSR count). The lowest BCUT2D eigenvalue weighted by molar-refractivity contribution is -0.274. The van der Waals surface area contributed by atoms with Gasteiger partial charge in [-0.15, -0.1) is 13.2 Å². The summed E-state index contributed by atoms with van der Waals surface area (Å²) in [5, 5.41) is 3.06. The summed E-state index contributed by atoms with van der Waals surface area (Å²) in [5.74, 6) is 4.54. The summed E-state index contributed by atoms with van der Waals surface area (Å²) < 4.78 is 45.4. The number of piperidine rings is 1. The van der Waals surface area contributed by atoms with E-state index in [1.165, 1.54) is 12.1 Å². The predicted octanol–water partition coefficient (Wildman–Crippen LogP) is 1.30. The Hall–Kier alpha value is -2.82. The van der Waals surface area contributed by atoms with Crippen LogP contribution >= 0.6 is 0 Å². The Labute approximate surface area is 160 Å². The van der Waals surface area contributed by atoms with Crippen LogP contribution in [-0.2, 0) is 9.53 Å². The molecule has 1 saturated heterocycles. The summed E-state index contributed by atoms with van der Waals surface area (Å²) in [5.41, 5.74) is 8.92. The molecule has 0 aliphatic carbocycles. The monoisotopic (exact) mass is 403 g/mol. The van der Waals surface area contributed by atoms with Crippen molar-refractivity contribution in [2.75, 3.05) is 24.6 Å². The van der Waals surface area contributed by atoms with Crippen LogP contribution in [0.3, 0.4) is 0 Å². The Morgan fingerprint density at radius 3 is 2.36 bits per heavy atom. The molecule has 0 aromatic heterocycles. The van der Waals surface area contributed by atoms with Crippen molar-refractivity contribution in [2.24, 2.45) is 11.6 Å². The van der Waals surface area contributed by atoms with Crippen LogP contribution in [0.2, 0.25) is 0 Å². The van der Waals surface area contributed by atoms with Crippen LogP contribution in [-0.4, -0.2) is 38.1 Å². The number of carbonyl (C=O) groups is 1. The maximum Gasteiger partial charge on any atom is 0.573 e. The minimum Gasteiger partial charge on any atom is -0.461 e. The van der Waals surface area contributed by atoms with Gasteiger partial charge in [0, 0.05) is 24.8 Å². The molecule has 1 heterocycles. The smallest absolute Gasteiger partial charge is 0.461 e. The molecule has 11 heteroatoms. The Kier molecular flexibility index (Phi) is 7.21. The van der Waals surface area contributed by atoms with Crippen LogP contribution in [0.4, 0.5) is 18.9 Å². The molecule has 0 amide bonds. The molecule has 8 nitrogen and oxygen atoms in total. The molecule has 1 aromatic carbocycles. The molecule has 0 atom stereocenters. The Balaban J connectivity index is 1.91. The van der Waals surface area contributed by atoms with Gasteiger partial charge in [-0.1, -0.05) is 0 Å². The van der Waals surface area contributed by atoms with Gasteiger partial charge in [0.05, 0.1) is 6.61 Å². The number of nitrogens with zero attached hydrogens (tertiary/aromatic N) is 1. The summed E-state index contributed by atoms with van der Waals surface area (Å²) in [4.78, 5) is 13.8. The number of anilines is 1. The Bertz CT molecular complexity index is 686. The number of esters is 1. The highest BCUT2D eigenvalue weighted by Gasteiger charge is 2.31. The summed E-state index contributed by atoms with van der Waals surface area (Å²) in [6, 6.07) is 5.75. The van der Waals surface area contributed by atoms with E-state index in [2.05, 4.69) is 15.5 Å². The fourth-order valence-electron chi connectivity index (χ4n) is 2.88. The molecular formula is C17H24F3N5O3. The number of halogens is 3. The molecule has 0 saturated carbocycles. The van der Waals surface area contributed by atoms with Crippen LogP contribution in [0.15, 0.2) is 35.8 Å². The van der Waals surface area contributed by atoms with Crippen LogP contribution in [0.5, 0.6) is 5.75 Å². The standard InChI is InChI=1S/C17H24F3N5O3/c1-2-27-16(26)14(24-22)15(21)23-11-7-9-25(10-8-11)12-3-5-13(6-4-12)28-17(18,19)20/h3-6,11,23-24H,2,7-10,21-22H2,1H3/b15-14+. The fraction of sp³-hybridized carbons (Fsp3) is 0.471. The zero-order valence-corrected chi connectivity index (χ0v) is 15.4. The van der Waals surface area contributed by atoms with Crippen molar-refractivity contribution < 1.29 is 27.4 Å². The number of hydrazine groups is 1. The number of nitrogens with one attached hydrogen (secondary N) is 2. The van der Waals surface area contributed by atoms with Crippen molar-refractivity contribution in [1.29, 1.82) is 0 Å². The molecule has 6 N–H and O–H groups in total. The predicted molar refractivity (Wildman–Crippen MR) is 96.7 cm³/mol. The molecule has 0 radical (unpaired) electrons. The van der Waals surface area contributed by atoms with Crippen LogP contribution in [0.25, 0.3) is 0 Å². The number of hydrogen-bond donors (Lipinski definition) is 4. The summed E-state index contributed by atoms with van der Waals surface area (Å²) in [6.45, 7) is 3.19. The lowest BCUT2D eigenvalue weighted by atomic mass is 10.0. The molecule has 0 bridgehead atoms. The van der Waals surface area contributed by atoms with Crippen molar-refractivity contribution in [3.63, 3.8) is 0 Å². The van der Waals surface area contributed by atoms with Gasteiger partial charge in [-0.25, -0.2) is 4.79 Å². The first-order chi connectivity index (χ1) is 13.2. The average Bonchev–Trinajstić information content (AvgIpc) is 2.62. The zero-order valence-electron chi connectivity index (χ0n) is 15.4. The SMILES string of the molecule is CCOC(=O)/C(NN)=C(/N)NC1CCN(c2ccc(OC(F)(F)F)cc2)CC1. The van der Waals surface area contributed by atoms with Gasteiger partial charge in [0.25, 0.3) is 0 Å². The molecular weight excluding hydrogens is 379 g/mol. The van der Waals surface area contributed by atoms with E-state index >= 15 is 0 Å². The molecule has 1 fully saturated rings. The number of rotatable bonds is 7. The first-order valence-corrected chi connectivity index (χ1v) is 8.74. The number of carbonyl (C=O) groups excluding carboxylic acids is 1. The second-order valence-corrected chi connectivity index (χ2v) is 6.10. The minimum atomic E-state index is -4.71. The van der Waals surface area contributed by atoms with Crippen LogP contribution < -0.4 is 32.0 Å². The lowest BCUT2D eigenvalue weighted by Crippen LogP contribution is -2.45. The molecule has 1 aliphatic rings. The number of ether oxygens (including phenoxy) is 2. The third kappa shape index (κ3) is 6.12. The highest BCUT2D eigenvalue weighted by atomic mass is 19.4. The summed E-state index contributed by atoms with van der Waals surface area (Å²) in [7, 11) is 0. The van der Waals surface area contributed by atoms with Crippen molar-refractivity contribution in [3.8, 4) is 5.75 Å². The van der Waals surface area contributed by atoms with Crippen molar-refractivity contribution >= 4 is 11.7 Å². The number of alkyl halides is 3. The van der Waals surface area contributed by atoms with Gasteiger partial charge >= 0.3 is 12.3 Å². The summed E-state index contributed by atoms with van der Waals surface area (Å²) in [6.07, 6.45) is -3.29. The molecule has 0 unspecified atom stereocenters. The van der Waals surface area contributed by atoms with Gasteiger partial charge in [0.2, 0.25) is 0 Å². The fourth-order valence-corrected chi connectivity index (χ4v) is 2.88. The topological polar surface area (TPSA) is 115 Å². The van der Waals surface area contributed by atoms with Crippen molar-refractivity contribution in [2.45, 2.75) is 32.2 Å². The van der Waals surface area contributed by atoms with Gasteiger partial charge in [0.1, 0.15) is 11.6 Å². The molecule has 156 valence electrons. The second kappa shape index (κ2) is 9.40. The molecule has 1 aliphatic heterocycles. The summed E-state index contributed by atoms with van der Waals surface area (Å²) >= 11 is 0. The normalized spacial score (nSPS) is 16.2. The highest BCUT2D eigenvalue weighted by molar-refractivity contribution is 5.88. The Morgan fingerprint density at radius 1 is 1.25 bits per heavy atom. The first kappa shape index (κ1) is 21.5. The molecule has 0 spiro atoms. The third-order valence-corrected chi connectivity index (χ3v) is 4.18. The van der Waals surface area contributed by atoms with E-state index in [0.717, 1.165) is 5.69 Å². The van der Waals surface area contributed by atoms with E-state index in [1.54, 1.807) is 19.1 Å². The lowest BCUT2D eigenvalue weighted by Gasteiger charge is -2.34. The second-order valence-electron chi connectivity index (χ2n) is 6.10. The van der Waals surface area contributed by atoms with Crippen LogP contribution in [0.1, 0.15) is 19.8 Å². The maximum absolute atomic E-state index is 12.2. The molecule has 1 aromatic rings. The van der Waals surface area contributed by atoms with E-state index < -0.39 is 12.3 Å². The number of hydrogen-bond acceptors (Lipinski definition) is 8. The quantitative estimate of drug-likeness (QED) is 0.233. The van der Waals surface area contributed by atoms with E-state index in [1.807, 2.05) is 4.90 Å². The Morgan fingerprint density at radius 2 is 1.86 bits per heavy atom. The van der Waals surface area contributed by atoms with Gasteiger partial charge in [-0.2, -0.15) is 0 Å². The highest BCUT2D eigenvalue weighted by Crippen LogP contribution is 2.26. The van der Waals surface area contributed by atoms with Crippen molar-refractivity contribution in [1.82, 2.24) is 10.7 Å². The largest absolute Gasteiger partial charge is 0.573 e. The van der Waals surface area contributed by atoms with E-state index in [0.29, 0.717) is 25.9 Å². The number of nitrogens with two attached hydrogens (primary N) is 2. The van der Waals surface area contributed by atoms with Gasteiger partial charge in [0.15, 0.2) is 5.70 Å². The zero-order chi connectivity index (χ0) is 20.7.